The molecule has 0 spiro atoms. The van der Waals surface area contributed by atoms with Crippen molar-refractivity contribution < 1.29 is 9.47 Å². The Bertz CT molecular complexity index is 927. The van der Waals surface area contributed by atoms with Crippen LogP contribution in [-0.4, -0.2) is 13.3 Å². The van der Waals surface area contributed by atoms with Crippen molar-refractivity contribution in [1.29, 1.82) is 0 Å². The molecule has 4 nitrogen and oxygen atoms in total. The average Bonchev–Trinajstić information content (AvgIpc) is 2.67. The summed E-state index contributed by atoms with van der Waals surface area (Å²) in [4.78, 5) is 0. The molecule has 1 N–H and O–H groups in total. The number of anilines is 1. The summed E-state index contributed by atoms with van der Waals surface area (Å²) < 4.78 is 12.3. The minimum atomic E-state index is 0.470. The molecule has 3 aromatic rings. The van der Waals surface area contributed by atoms with Crippen LogP contribution in [0, 0.1) is 6.92 Å². The fraction of sp³-hybridized carbons (Fsp3) is 0.136. The molecule has 0 atom stereocenters. The third-order valence-electron chi connectivity index (χ3n) is 3.90. The van der Waals surface area contributed by atoms with Gasteiger partial charge in [-0.2, -0.15) is 5.10 Å². The molecular weight excluding hydrogens is 404 g/mol. The Morgan fingerprint density at radius 3 is 2.59 bits per heavy atom. The number of halogens is 1. The van der Waals surface area contributed by atoms with Crippen LogP contribution in [0.2, 0.25) is 0 Å². The average molecular weight is 425 g/mol. The van der Waals surface area contributed by atoms with Gasteiger partial charge in [0.2, 0.25) is 0 Å². The van der Waals surface area contributed by atoms with Crippen LogP contribution in [0.25, 0.3) is 0 Å². The Kier molecular flexibility index (Phi) is 6.49. The molecule has 27 heavy (non-hydrogen) atoms. The second-order valence-corrected chi connectivity index (χ2v) is 6.90. The van der Waals surface area contributed by atoms with Gasteiger partial charge in [0.05, 0.1) is 23.5 Å². The Hall–Kier alpha value is -2.79. The van der Waals surface area contributed by atoms with Gasteiger partial charge in [-0.25, -0.2) is 0 Å². The smallest absolute Gasteiger partial charge is 0.175 e. The van der Waals surface area contributed by atoms with E-state index in [0.717, 1.165) is 21.3 Å². The topological polar surface area (TPSA) is 42.8 Å². The standard InChI is InChI=1S/C22H21BrN2O2/c1-16-7-6-10-19(11-16)25-24-14-18-12-20(23)22(21(13-18)26-2)27-15-17-8-4-3-5-9-17/h3-14,25H,15H2,1-2H3. The summed E-state index contributed by atoms with van der Waals surface area (Å²) in [5.41, 5.74) is 7.15. The molecule has 0 saturated carbocycles. The van der Waals surface area contributed by atoms with E-state index >= 15 is 0 Å². The summed E-state index contributed by atoms with van der Waals surface area (Å²) in [5, 5.41) is 4.30. The molecule has 138 valence electrons. The SMILES string of the molecule is COc1cc(C=NNc2cccc(C)c2)cc(Br)c1OCc1ccccc1. The largest absolute Gasteiger partial charge is 0.493 e. The van der Waals surface area contributed by atoms with Crippen LogP contribution < -0.4 is 14.9 Å². The predicted octanol–water partition coefficient (Wildman–Crippen LogP) is 5.79. The number of aryl methyl sites for hydroxylation is 1. The quantitative estimate of drug-likeness (QED) is 0.385. The molecule has 0 aliphatic rings. The molecule has 0 radical (unpaired) electrons. The molecule has 0 amide bonds. The number of ether oxygens (including phenoxy) is 2. The van der Waals surface area contributed by atoms with E-state index in [1.54, 1.807) is 13.3 Å². The molecule has 0 bridgehead atoms. The maximum atomic E-state index is 5.95. The zero-order chi connectivity index (χ0) is 19.1. The Morgan fingerprint density at radius 2 is 1.85 bits per heavy atom. The molecule has 0 aliphatic carbocycles. The van der Waals surface area contributed by atoms with Crippen LogP contribution in [0.5, 0.6) is 11.5 Å². The monoisotopic (exact) mass is 424 g/mol. The number of hydrogen-bond acceptors (Lipinski definition) is 4. The van der Waals surface area contributed by atoms with E-state index in [0.29, 0.717) is 18.1 Å². The van der Waals surface area contributed by atoms with Crippen molar-refractivity contribution >= 4 is 27.8 Å². The lowest BCUT2D eigenvalue weighted by atomic mass is 10.2. The first-order valence-electron chi connectivity index (χ1n) is 8.55. The van der Waals surface area contributed by atoms with Crippen molar-refractivity contribution in [3.63, 3.8) is 0 Å². The number of hydrogen-bond donors (Lipinski definition) is 1. The van der Waals surface area contributed by atoms with Gasteiger partial charge >= 0.3 is 0 Å². The molecule has 3 aromatic carbocycles. The lowest BCUT2D eigenvalue weighted by Gasteiger charge is -2.13. The molecule has 0 fully saturated rings. The van der Waals surface area contributed by atoms with Crippen molar-refractivity contribution in [1.82, 2.24) is 0 Å². The van der Waals surface area contributed by atoms with E-state index in [-0.39, 0.29) is 0 Å². The lowest BCUT2D eigenvalue weighted by Crippen LogP contribution is -2.00. The predicted molar refractivity (Wildman–Crippen MR) is 114 cm³/mol. The zero-order valence-electron chi connectivity index (χ0n) is 15.3. The van der Waals surface area contributed by atoms with E-state index in [4.69, 9.17) is 9.47 Å². The second-order valence-electron chi connectivity index (χ2n) is 6.05. The number of hydrazone groups is 1. The summed E-state index contributed by atoms with van der Waals surface area (Å²) >= 11 is 3.57. The highest BCUT2D eigenvalue weighted by Gasteiger charge is 2.11. The van der Waals surface area contributed by atoms with Crippen LogP contribution in [0.1, 0.15) is 16.7 Å². The number of methoxy groups -OCH3 is 1. The van der Waals surface area contributed by atoms with Gasteiger partial charge in [-0.3, -0.25) is 5.43 Å². The van der Waals surface area contributed by atoms with Crippen molar-refractivity contribution in [3.05, 3.63) is 87.9 Å². The first-order chi connectivity index (χ1) is 13.2. The van der Waals surface area contributed by atoms with Crippen LogP contribution >= 0.6 is 15.9 Å². The summed E-state index contributed by atoms with van der Waals surface area (Å²) in [6.07, 6.45) is 1.75. The fourth-order valence-electron chi connectivity index (χ4n) is 2.58. The van der Waals surface area contributed by atoms with E-state index in [1.165, 1.54) is 5.56 Å². The molecular formula is C22H21BrN2O2. The van der Waals surface area contributed by atoms with Gasteiger partial charge < -0.3 is 9.47 Å². The van der Waals surface area contributed by atoms with E-state index in [2.05, 4.69) is 26.5 Å². The van der Waals surface area contributed by atoms with Gasteiger partial charge in [0.1, 0.15) is 6.61 Å². The van der Waals surface area contributed by atoms with Crippen molar-refractivity contribution in [2.45, 2.75) is 13.5 Å². The van der Waals surface area contributed by atoms with Gasteiger partial charge in [-0.05, 0) is 63.8 Å². The Labute approximate surface area is 168 Å². The van der Waals surface area contributed by atoms with E-state index < -0.39 is 0 Å². The molecule has 0 saturated heterocycles. The first kappa shape index (κ1) is 19.0. The van der Waals surface area contributed by atoms with E-state index in [1.807, 2.05) is 73.7 Å². The summed E-state index contributed by atoms with van der Waals surface area (Å²) in [5.74, 6) is 1.32. The summed E-state index contributed by atoms with van der Waals surface area (Å²) in [6.45, 7) is 2.52. The van der Waals surface area contributed by atoms with Crippen LogP contribution in [0.15, 0.2) is 76.3 Å². The molecule has 0 aromatic heterocycles. The van der Waals surface area contributed by atoms with Gasteiger partial charge in [0, 0.05) is 0 Å². The minimum Gasteiger partial charge on any atom is -0.493 e. The number of nitrogens with zero attached hydrogens (tertiary/aromatic N) is 1. The van der Waals surface area contributed by atoms with Gasteiger partial charge in [-0.15, -0.1) is 0 Å². The second kappa shape index (κ2) is 9.24. The van der Waals surface area contributed by atoms with Gasteiger partial charge in [0.15, 0.2) is 11.5 Å². The lowest BCUT2D eigenvalue weighted by molar-refractivity contribution is 0.282. The maximum Gasteiger partial charge on any atom is 0.175 e. The maximum absolute atomic E-state index is 5.95. The first-order valence-corrected chi connectivity index (χ1v) is 9.35. The summed E-state index contributed by atoms with van der Waals surface area (Å²) in [6, 6.07) is 21.9. The van der Waals surface area contributed by atoms with Crippen LogP contribution in [-0.2, 0) is 6.61 Å². The molecule has 0 aliphatic heterocycles. The third-order valence-corrected chi connectivity index (χ3v) is 4.49. The molecule has 3 rings (SSSR count). The highest BCUT2D eigenvalue weighted by molar-refractivity contribution is 9.10. The third kappa shape index (κ3) is 5.34. The van der Waals surface area contributed by atoms with Crippen LogP contribution in [0.3, 0.4) is 0 Å². The Balaban J connectivity index is 1.72. The molecule has 0 unspecified atom stereocenters. The molecule has 0 heterocycles. The zero-order valence-corrected chi connectivity index (χ0v) is 16.9. The number of rotatable bonds is 7. The van der Waals surface area contributed by atoms with Crippen molar-refractivity contribution in [2.24, 2.45) is 5.10 Å². The van der Waals surface area contributed by atoms with Gasteiger partial charge in [0.25, 0.3) is 0 Å². The number of nitrogens with one attached hydrogen (secondary N) is 1. The minimum absolute atomic E-state index is 0.470. The van der Waals surface area contributed by atoms with Gasteiger partial charge in [-0.1, -0.05) is 42.5 Å². The normalized spacial score (nSPS) is 10.8. The van der Waals surface area contributed by atoms with E-state index in [9.17, 15) is 0 Å². The van der Waals surface area contributed by atoms with Crippen molar-refractivity contribution in [2.75, 3.05) is 12.5 Å². The van der Waals surface area contributed by atoms with Crippen molar-refractivity contribution in [3.8, 4) is 11.5 Å². The fourth-order valence-corrected chi connectivity index (χ4v) is 3.15. The Morgan fingerprint density at radius 1 is 1.04 bits per heavy atom. The summed E-state index contributed by atoms with van der Waals surface area (Å²) in [7, 11) is 1.63. The van der Waals surface area contributed by atoms with Crippen LogP contribution in [0.4, 0.5) is 5.69 Å². The highest BCUT2D eigenvalue weighted by atomic mass is 79.9. The molecule has 5 heteroatoms. The highest BCUT2D eigenvalue weighted by Crippen LogP contribution is 2.36. The number of benzene rings is 3.